The standard InChI is InChI=1S/C28H44N4O5S/c1-6-8-9-10-11-18-32(24-25(33)30(4)27(36)31(5)29-24)19-12-13-20-37-22-15-14-16-23(21-22)38-28(3,17-7-2)26(34)35/h14-16,21H,6-13,17-20H2,1-5H3,(H,34,35). The molecule has 0 aliphatic heterocycles. The summed E-state index contributed by atoms with van der Waals surface area (Å²) in [6.07, 6.45) is 8.54. The first-order valence-electron chi connectivity index (χ1n) is 13.7. The van der Waals surface area contributed by atoms with Gasteiger partial charge in [-0.15, -0.1) is 16.9 Å². The Morgan fingerprint density at radius 2 is 1.74 bits per heavy atom. The van der Waals surface area contributed by atoms with Crippen molar-refractivity contribution in [1.82, 2.24) is 14.3 Å². The number of carboxylic acid groups (broad SMARTS) is 1. The number of anilines is 1. The van der Waals surface area contributed by atoms with Gasteiger partial charge in [-0.3, -0.25) is 14.2 Å². The van der Waals surface area contributed by atoms with Crippen LogP contribution in [0.5, 0.6) is 5.75 Å². The van der Waals surface area contributed by atoms with E-state index in [9.17, 15) is 19.5 Å². The monoisotopic (exact) mass is 548 g/mol. The Kier molecular flexibility index (Phi) is 12.9. The van der Waals surface area contributed by atoms with Crippen LogP contribution in [0.4, 0.5) is 5.82 Å². The second kappa shape index (κ2) is 15.6. The van der Waals surface area contributed by atoms with E-state index in [1.54, 1.807) is 14.0 Å². The number of aromatic nitrogens is 3. The minimum atomic E-state index is -0.876. The van der Waals surface area contributed by atoms with Gasteiger partial charge >= 0.3 is 11.7 Å². The van der Waals surface area contributed by atoms with Gasteiger partial charge in [-0.05, 0) is 50.8 Å². The van der Waals surface area contributed by atoms with Crippen molar-refractivity contribution in [1.29, 1.82) is 0 Å². The fourth-order valence-electron chi connectivity index (χ4n) is 4.27. The van der Waals surface area contributed by atoms with Gasteiger partial charge in [0.2, 0.25) is 5.82 Å². The molecule has 10 heteroatoms. The lowest BCUT2D eigenvalue weighted by atomic mass is 10.1. The molecule has 0 saturated carbocycles. The Morgan fingerprint density at radius 3 is 2.39 bits per heavy atom. The van der Waals surface area contributed by atoms with Gasteiger partial charge in [0.05, 0.1) is 6.61 Å². The van der Waals surface area contributed by atoms with E-state index in [0.717, 1.165) is 48.0 Å². The number of aliphatic carboxylic acids is 1. The Labute approximate surface area is 230 Å². The maximum absolute atomic E-state index is 12.8. The number of benzene rings is 1. The fourth-order valence-corrected chi connectivity index (χ4v) is 5.51. The number of carbonyl (C=O) groups is 1. The van der Waals surface area contributed by atoms with E-state index in [2.05, 4.69) is 12.0 Å². The van der Waals surface area contributed by atoms with E-state index in [1.165, 1.54) is 36.3 Å². The lowest BCUT2D eigenvalue weighted by Gasteiger charge is -2.24. The van der Waals surface area contributed by atoms with Crippen molar-refractivity contribution in [2.24, 2.45) is 14.1 Å². The third kappa shape index (κ3) is 9.22. The molecule has 1 unspecified atom stereocenters. The Hall–Kier alpha value is -2.75. The maximum Gasteiger partial charge on any atom is 0.346 e. The molecule has 1 aromatic carbocycles. The first-order valence-corrected chi connectivity index (χ1v) is 14.5. The minimum absolute atomic E-state index is 0.310. The molecule has 1 heterocycles. The van der Waals surface area contributed by atoms with Crippen molar-refractivity contribution < 1.29 is 14.6 Å². The van der Waals surface area contributed by atoms with Crippen LogP contribution in [0.2, 0.25) is 0 Å². The van der Waals surface area contributed by atoms with Crippen LogP contribution < -0.4 is 20.9 Å². The van der Waals surface area contributed by atoms with E-state index in [0.29, 0.717) is 37.7 Å². The van der Waals surface area contributed by atoms with Crippen molar-refractivity contribution in [3.63, 3.8) is 0 Å². The normalized spacial score (nSPS) is 12.8. The average molecular weight is 549 g/mol. The van der Waals surface area contributed by atoms with Gasteiger partial charge in [0, 0.05) is 32.1 Å². The molecule has 0 fully saturated rings. The number of nitrogens with zero attached hydrogens (tertiary/aromatic N) is 4. The van der Waals surface area contributed by atoms with E-state index < -0.39 is 16.4 Å². The predicted octanol–water partition coefficient (Wildman–Crippen LogP) is 4.85. The molecule has 1 N–H and O–H groups in total. The third-order valence-electron chi connectivity index (χ3n) is 6.55. The number of unbranched alkanes of at least 4 members (excludes halogenated alkanes) is 5. The van der Waals surface area contributed by atoms with Gasteiger partial charge in [-0.2, -0.15) is 0 Å². The zero-order valence-electron chi connectivity index (χ0n) is 23.6. The minimum Gasteiger partial charge on any atom is -0.494 e. The van der Waals surface area contributed by atoms with Crippen molar-refractivity contribution >= 4 is 23.5 Å². The zero-order chi connectivity index (χ0) is 28.1. The van der Waals surface area contributed by atoms with Crippen molar-refractivity contribution in [2.45, 2.75) is 88.2 Å². The van der Waals surface area contributed by atoms with Gasteiger partial charge in [-0.25, -0.2) is 9.48 Å². The number of carboxylic acids is 1. The van der Waals surface area contributed by atoms with Crippen LogP contribution >= 0.6 is 11.8 Å². The molecule has 2 aromatic rings. The molecule has 0 spiro atoms. The smallest absolute Gasteiger partial charge is 0.346 e. The van der Waals surface area contributed by atoms with Crippen molar-refractivity contribution in [2.75, 3.05) is 24.6 Å². The molecule has 0 radical (unpaired) electrons. The van der Waals surface area contributed by atoms with E-state index in [-0.39, 0.29) is 5.56 Å². The van der Waals surface area contributed by atoms with Crippen LogP contribution in [-0.2, 0) is 18.9 Å². The lowest BCUT2D eigenvalue weighted by molar-refractivity contribution is -0.139. The first-order chi connectivity index (χ1) is 18.1. The molecule has 9 nitrogen and oxygen atoms in total. The van der Waals surface area contributed by atoms with Crippen molar-refractivity contribution in [3.8, 4) is 5.75 Å². The lowest BCUT2D eigenvalue weighted by Crippen LogP contribution is -2.43. The second-order valence-corrected chi connectivity index (χ2v) is 11.5. The maximum atomic E-state index is 12.8. The summed E-state index contributed by atoms with van der Waals surface area (Å²) < 4.78 is 7.41. The fraction of sp³-hybridized carbons (Fsp3) is 0.643. The van der Waals surface area contributed by atoms with Gasteiger partial charge in [-0.1, -0.05) is 52.0 Å². The molecule has 212 valence electrons. The molecule has 0 amide bonds. The summed E-state index contributed by atoms with van der Waals surface area (Å²) in [4.78, 5) is 39.5. The molecule has 2 rings (SSSR count). The summed E-state index contributed by atoms with van der Waals surface area (Å²) >= 11 is 1.35. The van der Waals surface area contributed by atoms with Crippen molar-refractivity contribution in [3.05, 3.63) is 45.1 Å². The number of thioether (sulfide) groups is 1. The summed E-state index contributed by atoms with van der Waals surface area (Å²) in [5, 5.41) is 14.0. The largest absolute Gasteiger partial charge is 0.494 e. The summed E-state index contributed by atoms with van der Waals surface area (Å²) in [5.41, 5.74) is -0.808. The molecular formula is C28H44N4O5S. The highest BCUT2D eigenvalue weighted by Gasteiger charge is 2.33. The zero-order valence-corrected chi connectivity index (χ0v) is 24.4. The highest BCUT2D eigenvalue weighted by molar-refractivity contribution is 8.01. The molecular weight excluding hydrogens is 504 g/mol. The number of rotatable bonds is 18. The van der Waals surface area contributed by atoms with Gasteiger partial charge < -0.3 is 14.7 Å². The third-order valence-corrected chi connectivity index (χ3v) is 7.87. The van der Waals surface area contributed by atoms with Crippen LogP contribution in [0.1, 0.15) is 78.6 Å². The van der Waals surface area contributed by atoms with Crippen LogP contribution in [0.25, 0.3) is 0 Å². The number of hydrogen-bond donors (Lipinski definition) is 1. The number of hydrogen-bond acceptors (Lipinski definition) is 7. The van der Waals surface area contributed by atoms with Gasteiger partial charge in [0.15, 0.2) is 0 Å². The van der Waals surface area contributed by atoms with Crippen LogP contribution in [0, 0.1) is 0 Å². The summed E-state index contributed by atoms with van der Waals surface area (Å²) in [5.74, 6) is 0.207. The van der Waals surface area contributed by atoms with Gasteiger partial charge in [0.25, 0.3) is 5.56 Å². The first kappa shape index (κ1) is 31.5. The molecule has 1 aromatic heterocycles. The highest BCUT2D eigenvalue weighted by atomic mass is 32.2. The molecule has 1 atom stereocenters. The summed E-state index contributed by atoms with van der Waals surface area (Å²) in [6.45, 7) is 7.79. The summed E-state index contributed by atoms with van der Waals surface area (Å²) in [7, 11) is 3.04. The van der Waals surface area contributed by atoms with Crippen LogP contribution in [0.3, 0.4) is 0 Å². The Balaban J connectivity index is 1.97. The van der Waals surface area contributed by atoms with Crippen LogP contribution in [-0.4, -0.2) is 49.9 Å². The predicted molar refractivity (Wildman–Crippen MR) is 154 cm³/mol. The molecule has 0 bridgehead atoms. The van der Waals surface area contributed by atoms with Gasteiger partial charge in [0.1, 0.15) is 10.5 Å². The molecule has 0 aliphatic carbocycles. The topological polar surface area (TPSA) is 107 Å². The van der Waals surface area contributed by atoms with E-state index in [4.69, 9.17) is 4.74 Å². The molecule has 0 aliphatic rings. The average Bonchev–Trinajstić information content (AvgIpc) is 2.88. The summed E-state index contributed by atoms with van der Waals surface area (Å²) in [6, 6.07) is 7.56. The molecule has 38 heavy (non-hydrogen) atoms. The number of aryl methyl sites for hydroxylation is 1. The Bertz CT molecular complexity index is 1150. The van der Waals surface area contributed by atoms with E-state index >= 15 is 0 Å². The van der Waals surface area contributed by atoms with Crippen LogP contribution in [0.15, 0.2) is 38.8 Å². The Morgan fingerprint density at radius 1 is 1.05 bits per heavy atom. The second-order valence-electron chi connectivity index (χ2n) is 9.91. The highest BCUT2D eigenvalue weighted by Crippen LogP contribution is 2.37. The SMILES string of the molecule is CCCCCCCN(CCCCOc1cccc(SC(C)(CCC)C(=O)O)c1)c1nn(C)c(=O)n(C)c1=O. The van der Waals surface area contributed by atoms with E-state index in [1.807, 2.05) is 36.1 Å². The quantitative estimate of drug-likeness (QED) is 0.208. The molecule has 0 saturated heterocycles. The number of ether oxygens (including phenoxy) is 1.